The van der Waals surface area contributed by atoms with Gasteiger partial charge in [-0.2, -0.15) is 5.26 Å². The fourth-order valence-corrected chi connectivity index (χ4v) is 1.97. The third-order valence-electron chi connectivity index (χ3n) is 2.87. The van der Waals surface area contributed by atoms with Crippen LogP contribution in [0.2, 0.25) is 0 Å². The fraction of sp³-hybridized carbons (Fsp3) is 0.800. The molecule has 1 rings (SSSR count). The van der Waals surface area contributed by atoms with Crippen molar-refractivity contribution in [2.24, 2.45) is 5.92 Å². The zero-order chi connectivity index (χ0) is 10.6. The predicted octanol–water partition coefficient (Wildman–Crippen LogP) is 1.09. The van der Waals surface area contributed by atoms with Gasteiger partial charge in [0.1, 0.15) is 0 Å². The van der Waals surface area contributed by atoms with Crippen molar-refractivity contribution in [3.63, 3.8) is 0 Å². The van der Waals surface area contributed by atoms with Crippen LogP contribution in [0.3, 0.4) is 0 Å². The van der Waals surface area contributed by atoms with Gasteiger partial charge in [-0.3, -0.25) is 9.69 Å². The van der Waals surface area contributed by atoms with Gasteiger partial charge < -0.3 is 5.11 Å². The van der Waals surface area contributed by atoms with Crippen molar-refractivity contribution in [2.75, 3.05) is 13.1 Å². The van der Waals surface area contributed by atoms with Crippen LogP contribution in [-0.4, -0.2) is 35.1 Å². The number of carboxylic acid groups (broad SMARTS) is 1. The molecule has 1 fully saturated rings. The molecule has 0 saturated carbocycles. The Hall–Kier alpha value is -1.08. The number of nitrogens with zero attached hydrogens (tertiary/aromatic N) is 2. The van der Waals surface area contributed by atoms with Gasteiger partial charge in [0, 0.05) is 19.0 Å². The Morgan fingerprint density at radius 3 is 2.93 bits per heavy atom. The Morgan fingerprint density at radius 2 is 2.43 bits per heavy atom. The third-order valence-corrected chi connectivity index (χ3v) is 2.87. The quantitative estimate of drug-likeness (QED) is 0.733. The second-order valence-electron chi connectivity index (χ2n) is 3.85. The summed E-state index contributed by atoms with van der Waals surface area (Å²) in [6.07, 6.45) is 1.95. The average molecular weight is 196 g/mol. The van der Waals surface area contributed by atoms with Gasteiger partial charge in [0.15, 0.2) is 0 Å². The van der Waals surface area contributed by atoms with Gasteiger partial charge in [0.25, 0.3) is 0 Å². The van der Waals surface area contributed by atoms with Crippen molar-refractivity contribution in [2.45, 2.75) is 32.2 Å². The molecule has 0 amide bonds. The minimum Gasteiger partial charge on any atom is -0.481 e. The summed E-state index contributed by atoms with van der Waals surface area (Å²) in [5.74, 6) is -0.875. The Morgan fingerprint density at radius 1 is 1.71 bits per heavy atom. The van der Waals surface area contributed by atoms with E-state index in [1.807, 2.05) is 6.92 Å². The Balaban J connectivity index is 2.40. The van der Waals surface area contributed by atoms with Crippen LogP contribution < -0.4 is 0 Å². The monoisotopic (exact) mass is 196 g/mol. The van der Waals surface area contributed by atoms with Crippen LogP contribution in [0.15, 0.2) is 0 Å². The molecule has 2 unspecified atom stereocenters. The van der Waals surface area contributed by atoms with E-state index in [0.717, 1.165) is 13.1 Å². The first-order valence-corrected chi connectivity index (χ1v) is 4.99. The van der Waals surface area contributed by atoms with Crippen LogP contribution in [0.25, 0.3) is 0 Å². The fourth-order valence-electron chi connectivity index (χ4n) is 1.97. The molecule has 0 aliphatic carbocycles. The Bertz CT molecular complexity index is 247. The Labute approximate surface area is 84.1 Å². The van der Waals surface area contributed by atoms with Crippen LogP contribution in [-0.2, 0) is 4.79 Å². The largest absolute Gasteiger partial charge is 0.481 e. The highest BCUT2D eigenvalue weighted by Crippen LogP contribution is 2.22. The molecule has 1 N–H and O–H groups in total. The Kier molecular flexibility index (Phi) is 3.90. The van der Waals surface area contributed by atoms with Crippen LogP contribution in [0, 0.1) is 17.2 Å². The molecule has 1 aliphatic heterocycles. The summed E-state index contributed by atoms with van der Waals surface area (Å²) in [6.45, 7) is 3.61. The maximum absolute atomic E-state index is 10.7. The molecule has 0 bridgehead atoms. The maximum Gasteiger partial charge on any atom is 0.306 e. The van der Waals surface area contributed by atoms with Gasteiger partial charge in [-0.25, -0.2) is 0 Å². The van der Waals surface area contributed by atoms with E-state index in [4.69, 9.17) is 10.4 Å². The number of rotatable bonds is 3. The lowest BCUT2D eigenvalue weighted by Gasteiger charge is -2.35. The summed E-state index contributed by atoms with van der Waals surface area (Å²) < 4.78 is 0. The number of nitriles is 1. The molecule has 0 aromatic carbocycles. The summed E-state index contributed by atoms with van der Waals surface area (Å²) in [5.41, 5.74) is 0. The smallest absolute Gasteiger partial charge is 0.306 e. The summed E-state index contributed by atoms with van der Waals surface area (Å²) >= 11 is 0. The number of piperidine rings is 1. The summed E-state index contributed by atoms with van der Waals surface area (Å²) in [4.78, 5) is 12.9. The average Bonchev–Trinajstić information content (AvgIpc) is 2.15. The number of likely N-dealkylation sites (tertiary alicyclic amines) is 1. The summed E-state index contributed by atoms with van der Waals surface area (Å²) in [6, 6.07) is 2.40. The van der Waals surface area contributed by atoms with Crippen LogP contribution in [0.1, 0.15) is 26.2 Å². The molecule has 1 saturated heterocycles. The molecule has 0 aromatic rings. The second-order valence-corrected chi connectivity index (χ2v) is 3.85. The molecule has 4 heteroatoms. The lowest BCUT2D eigenvalue weighted by atomic mass is 9.92. The maximum atomic E-state index is 10.7. The van der Waals surface area contributed by atoms with Crippen LogP contribution in [0.5, 0.6) is 0 Å². The highest BCUT2D eigenvalue weighted by Gasteiger charge is 2.28. The van der Waals surface area contributed by atoms with Gasteiger partial charge in [0.2, 0.25) is 0 Å². The van der Waals surface area contributed by atoms with E-state index in [9.17, 15) is 4.79 Å². The highest BCUT2D eigenvalue weighted by atomic mass is 16.4. The topological polar surface area (TPSA) is 64.3 Å². The summed E-state index contributed by atoms with van der Waals surface area (Å²) in [5, 5.41) is 17.3. The molecule has 14 heavy (non-hydrogen) atoms. The number of hydrogen-bond acceptors (Lipinski definition) is 3. The van der Waals surface area contributed by atoms with Crippen LogP contribution in [0.4, 0.5) is 0 Å². The molecule has 1 heterocycles. The SMILES string of the molecule is CC1CC(C(=O)O)CCN1CCC#N. The molecular weight excluding hydrogens is 180 g/mol. The van der Waals surface area contributed by atoms with Crippen molar-refractivity contribution in [3.8, 4) is 6.07 Å². The minimum absolute atomic E-state index is 0.191. The van der Waals surface area contributed by atoms with Gasteiger partial charge in [-0.05, 0) is 26.3 Å². The van der Waals surface area contributed by atoms with Gasteiger partial charge in [-0.1, -0.05) is 0 Å². The van der Waals surface area contributed by atoms with Gasteiger partial charge in [0.05, 0.1) is 12.0 Å². The first kappa shape index (κ1) is 11.0. The normalized spacial score (nSPS) is 28.3. The van der Waals surface area contributed by atoms with Crippen molar-refractivity contribution >= 4 is 5.97 Å². The van der Waals surface area contributed by atoms with Gasteiger partial charge >= 0.3 is 5.97 Å². The molecular formula is C10H16N2O2. The lowest BCUT2D eigenvalue weighted by Crippen LogP contribution is -2.42. The molecule has 4 nitrogen and oxygen atoms in total. The van der Waals surface area contributed by atoms with E-state index in [-0.39, 0.29) is 12.0 Å². The third kappa shape index (κ3) is 2.71. The van der Waals surface area contributed by atoms with Crippen molar-refractivity contribution in [1.82, 2.24) is 4.90 Å². The molecule has 0 radical (unpaired) electrons. The number of aliphatic carboxylic acids is 1. The molecule has 1 aliphatic rings. The molecule has 0 aromatic heterocycles. The minimum atomic E-state index is -0.684. The number of carboxylic acids is 1. The van der Waals surface area contributed by atoms with Crippen molar-refractivity contribution < 1.29 is 9.90 Å². The van der Waals surface area contributed by atoms with Crippen molar-refractivity contribution in [3.05, 3.63) is 0 Å². The predicted molar refractivity (Wildman–Crippen MR) is 51.6 cm³/mol. The molecule has 2 atom stereocenters. The van der Waals surface area contributed by atoms with Crippen LogP contribution >= 0.6 is 0 Å². The van der Waals surface area contributed by atoms with Crippen molar-refractivity contribution in [1.29, 1.82) is 5.26 Å². The second kappa shape index (κ2) is 4.97. The zero-order valence-corrected chi connectivity index (χ0v) is 8.44. The van der Waals surface area contributed by atoms with E-state index in [2.05, 4.69) is 11.0 Å². The lowest BCUT2D eigenvalue weighted by molar-refractivity contribution is -0.144. The van der Waals surface area contributed by atoms with E-state index < -0.39 is 5.97 Å². The number of carbonyl (C=O) groups is 1. The van der Waals surface area contributed by atoms with E-state index in [1.54, 1.807) is 0 Å². The molecule has 0 spiro atoms. The number of hydrogen-bond donors (Lipinski definition) is 1. The standard InChI is InChI=1S/C10H16N2O2/c1-8-7-9(10(13)14)3-6-12(8)5-2-4-11/h8-9H,2-3,5-7H2,1H3,(H,13,14). The zero-order valence-electron chi connectivity index (χ0n) is 8.44. The first-order valence-electron chi connectivity index (χ1n) is 4.99. The molecule has 78 valence electrons. The summed E-state index contributed by atoms with van der Waals surface area (Å²) in [7, 11) is 0. The first-order chi connectivity index (χ1) is 6.65. The van der Waals surface area contributed by atoms with E-state index in [1.165, 1.54) is 0 Å². The van der Waals surface area contributed by atoms with E-state index >= 15 is 0 Å². The highest BCUT2D eigenvalue weighted by molar-refractivity contribution is 5.70. The van der Waals surface area contributed by atoms with Gasteiger partial charge in [-0.15, -0.1) is 0 Å². The van der Waals surface area contributed by atoms with E-state index in [0.29, 0.717) is 19.3 Å².